The molecule has 1 aliphatic heterocycles. The smallest absolute Gasteiger partial charge is 0.264 e. The number of nitrogens with zero attached hydrogens (tertiary/aromatic N) is 2. The number of carbonyl (C=O) groups is 4. The molecule has 0 fully saturated rings. The molecule has 8 nitrogen and oxygen atoms in total. The normalized spacial score (nSPS) is 15.9. The van der Waals surface area contributed by atoms with E-state index in [2.05, 4.69) is 5.32 Å². The number of nitrogens with one attached hydrogen (secondary N) is 1. The lowest BCUT2D eigenvalue weighted by atomic mass is 9.87. The first kappa shape index (κ1) is 28.9. The fourth-order valence-corrected chi connectivity index (χ4v) is 4.56. The standard InChI is InChI=1S/C28H34F2N4O4/c1-16(2)14-33-22-8-6-7-9-23(22)34(15-17(3)4)27(38)28(31,26(33)37)25(36)18(5)32-24(35)12-19-10-20(29)13-21(30)11-19/h6-11,13,16-18H,12,14-15,31H2,1-5H3,(H,32,35)/t18-/m0/s1. The first-order valence-corrected chi connectivity index (χ1v) is 12.6. The molecule has 3 N–H and O–H groups in total. The van der Waals surface area contributed by atoms with Crippen LogP contribution in [-0.4, -0.2) is 48.2 Å². The Balaban J connectivity index is 1.98. The van der Waals surface area contributed by atoms with Gasteiger partial charge in [-0.25, -0.2) is 8.78 Å². The summed E-state index contributed by atoms with van der Waals surface area (Å²) < 4.78 is 27.1. The van der Waals surface area contributed by atoms with Gasteiger partial charge in [0.25, 0.3) is 11.8 Å². The number of carbonyl (C=O) groups excluding carboxylic acids is 4. The fraction of sp³-hybridized carbons (Fsp3) is 0.429. The van der Waals surface area contributed by atoms with Crippen LogP contribution in [0, 0.1) is 23.5 Å². The first-order valence-electron chi connectivity index (χ1n) is 12.6. The number of ketones is 1. The number of halogens is 2. The Morgan fingerprint density at radius 3 is 1.74 bits per heavy atom. The van der Waals surface area contributed by atoms with Crippen LogP contribution in [0.3, 0.4) is 0 Å². The maximum absolute atomic E-state index is 13.9. The minimum atomic E-state index is -2.61. The third-order valence-electron chi connectivity index (χ3n) is 6.17. The molecule has 0 spiro atoms. The Labute approximate surface area is 221 Å². The quantitative estimate of drug-likeness (QED) is 0.486. The number of fused-ring (bicyclic) bond motifs is 1. The number of Topliss-reactive ketones (excluding diaryl/α,β-unsaturated/α-hetero) is 1. The van der Waals surface area contributed by atoms with Crippen LogP contribution >= 0.6 is 0 Å². The van der Waals surface area contributed by atoms with E-state index in [9.17, 15) is 28.0 Å². The number of nitrogens with two attached hydrogens (primary N) is 1. The van der Waals surface area contributed by atoms with Crippen LogP contribution in [0.2, 0.25) is 0 Å². The molecule has 3 amide bonds. The molecule has 0 radical (unpaired) electrons. The first-order chi connectivity index (χ1) is 17.7. The van der Waals surface area contributed by atoms with E-state index in [0.29, 0.717) is 17.4 Å². The molecule has 0 aliphatic carbocycles. The molecule has 204 valence electrons. The Bertz CT molecular complexity index is 1180. The van der Waals surface area contributed by atoms with Gasteiger partial charge in [0.05, 0.1) is 23.8 Å². The monoisotopic (exact) mass is 528 g/mol. The average molecular weight is 529 g/mol. The van der Waals surface area contributed by atoms with E-state index < -0.39 is 53.1 Å². The summed E-state index contributed by atoms with van der Waals surface area (Å²) in [5, 5.41) is 2.43. The van der Waals surface area contributed by atoms with E-state index in [1.54, 1.807) is 24.3 Å². The van der Waals surface area contributed by atoms with Gasteiger partial charge in [0.1, 0.15) is 11.6 Å². The van der Waals surface area contributed by atoms with Crippen molar-refractivity contribution in [3.8, 4) is 0 Å². The Morgan fingerprint density at radius 1 is 0.868 bits per heavy atom. The molecule has 1 heterocycles. The summed E-state index contributed by atoms with van der Waals surface area (Å²) in [5.74, 6) is -5.19. The number of rotatable bonds is 9. The minimum Gasteiger partial charge on any atom is -0.346 e. The molecule has 10 heteroatoms. The Kier molecular flexibility index (Phi) is 8.66. The molecule has 1 aliphatic rings. The number of benzene rings is 2. The molecule has 2 aromatic rings. The molecule has 2 aromatic carbocycles. The third-order valence-corrected chi connectivity index (χ3v) is 6.17. The highest BCUT2D eigenvalue weighted by Crippen LogP contribution is 2.37. The minimum absolute atomic E-state index is 0.0121. The van der Waals surface area contributed by atoms with Crippen molar-refractivity contribution in [2.24, 2.45) is 17.6 Å². The molecule has 0 saturated heterocycles. The van der Waals surface area contributed by atoms with E-state index in [-0.39, 0.29) is 30.5 Å². The second-order valence-corrected chi connectivity index (χ2v) is 10.5. The average Bonchev–Trinajstić information content (AvgIpc) is 2.88. The van der Waals surface area contributed by atoms with Crippen molar-refractivity contribution >= 4 is 34.9 Å². The summed E-state index contributed by atoms with van der Waals surface area (Å²) in [6.45, 7) is 9.31. The maximum atomic E-state index is 13.9. The van der Waals surface area contributed by atoms with Crippen molar-refractivity contribution in [2.45, 2.75) is 52.6 Å². The van der Waals surface area contributed by atoms with Gasteiger partial charge in [-0.2, -0.15) is 0 Å². The highest BCUT2D eigenvalue weighted by atomic mass is 19.1. The van der Waals surface area contributed by atoms with E-state index in [0.717, 1.165) is 12.1 Å². The summed E-state index contributed by atoms with van der Waals surface area (Å²) in [4.78, 5) is 57.0. The van der Waals surface area contributed by atoms with Crippen molar-refractivity contribution < 1.29 is 28.0 Å². The summed E-state index contributed by atoms with van der Waals surface area (Å²) in [6.07, 6.45) is -0.420. The van der Waals surface area contributed by atoms with Gasteiger partial charge < -0.3 is 20.9 Å². The van der Waals surface area contributed by atoms with Crippen molar-refractivity contribution in [3.05, 3.63) is 59.7 Å². The lowest BCUT2D eigenvalue weighted by molar-refractivity contribution is -0.143. The number of hydrogen-bond donors (Lipinski definition) is 2. The van der Waals surface area contributed by atoms with E-state index in [4.69, 9.17) is 5.73 Å². The van der Waals surface area contributed by atoms with Crippen molar-refractivity contribution in [2.75, 3.05) is 22.9 Å². The summed E-state index contributed by atoms with van der Waals surface area (Å²) >= 11 is 0. The van der Waals surface area contributed by atoms with Gasteiger partial charge in [-0.3, -0.25) is 19.2 Å². The second kappa shape index (κ2) is 11.4. The number of anilines is 2. The zero-order chi connectivity index (χ0) is 28.4. The molecular weight excluding hydrogens is 494 g/mol. The fourth-order valence-electron chi connectivity index (χ4n) is 4.56. The highest BCUT2D eigenvalue weighted by Gasteiger charge is 2.57. The van der Waals surface area contributed by atoms with Gasteiger partial charge in [0.2, 0.25) is 11.4 Å². The molecule has 3 rings (SSSR count). The van der Waals surface area contributed by atoms with E-state index in [1.807, 2.05) is 27.7 Å². The predicted octanol–water partition coefficient (Wildman–Crippen LogP) is 2.97. The number of para-hydroxylation sites is 2. The molecular formula is C28H34F2N4O4. The Hall–Kier alpha value is -3.66. The molecule has 38 heavy (non-hydrogen) atoms. The van der Waals surface area contributed by atoms with Crippen LogP contribution in [0.25, 0.3) is 0 Å². The number of amides is 3. The van der Waals surface area contributed by atoms with Crippen molar-refractivity contribution in [1.82, 2.24) is 5.32 Å². The van der Waals surface area contributed by atoms with Gasteiger partial charge >= 0.3 is 0 Å². The van der Waals surface area contributed by atoms with Gasteiger partial charge in [0, 0.05) is 19.2 Å². The van der Waals surface area contributed by atoms with Gasteiger partial charge in [-0.1, -0.05) is 39.8 Å². The third kappa shape index (κ3) is 5.91. The van der Waals surface area contributed by atoms with Gasteiger partial charge in [-0.15, -0.1) is 0 Å². The zero-order valence-electron chi connectivity index (χ0n) is 22.3. The topological polar surface area (TPSA) is 113 Å². The molecule has 1 atom stereocenters. The van der Waals surface area contributed by atoms with E-state index >= 15 is 0 Å². The van der Waals surface area contributed by atoms with Crippen LogP contribution < -0.4 is 20.9 Å². The molecule has 0 saturated carbocycles. The Morgan fingerprint density at radius 2 is 1.32 bits per heavy atom. The van der Waals surface area contributed by atoms with Crippen LogP contribution in [0.5, 0.6) is 0 Å². The zero-order valence-corrected chi connectivity index (χ0v) is 22.3. The van der Waals surface area contributed by atoms with Crippen LogP contribution in [0.1, 0.15) is 40.2 Å². The predicted molar refractivity (Wildman–Crippen MR) is 140 cm³/mol. The maximum Gasteiger partial charge on any atom is 0.264 e. The van der Waals surface area contributed by atoms with Gasteiger partial charge in [0.15, 0.2) is 5.78 Å². The van der Waals surface area contributed by atoms with Gasteiger partial charge in [-0.05, 0) is 48.6 Å². The van der Waals surface area contributed by atoms with Crippen LogP contribution in [-0.2, 0) is 25.6 Å². The lowest BCUT2D eigenvalue weighted by Gasteiger charge is -2.33. The largest absolute Gasteiger partial charge is 0.346 e. The lowest BCUT2D eigenvalue weighted by Crippen LogP contribution is -2.71. The summed E-state index contributed by atoms with van der Waals surface area (Å²) in [6, 6.07) is 8.22. The molecule has 0 unspecified atom stereocenters. The molecule has 0 aromatic heterocycles. The SMILES string of the molecule is CC(C)CN1C(=O)C(N)(C(=O)[C@H](C)NC(=O)Cc2cc(F)cc(F)c2)C(=O)N(CC(C)C)c2ccccc21. The summed E-state index contributed by atoms with van der Waals surface area (Å²) in [5.41, 5.74) is 4.86. The van der Waals surface area contributed by atoms with E-state index in [1.165, 1.54) is 16.7 Å². The van der Waals surface area contributed by atoms with Crippen LogP contribution in [0.4, 0.5) is 20.2 Å². The van der Waals surface area contributed by atoms with Crippen LogP contribution in [0.15, 0.2) is 42.5 Å². The second-order valence-electron chi connectivity index (χ2n) is 10.5. The summed E-state index contributed by atoms with van der Waals surface area (Å²) in [7, 11) is 0. The molecule has 0 bridgehead atoms. The number of hydrogen-bond acceptors (Lipinski definition) is 5. The van der Waals surface area contributed by atoms with Crippen molar-refractivity contribution in [1.29, 1.82) is 0 Å². The van der Waals surface area contributed by atoms with Crippen molar-refractivity contribution in [3.63, 3.8) is 0 Å². The highest BCUT2D eigenvalue weighted by molar-refractivity contribution is 6.37.